The average Bonchev–Trinajstić information content (AvgIpc) is 2.20. The van der Waals surface area contributed by atoms with Crippen molar-refractivity contribution < 1.29 is 4.74 Å². The van der Waals surface area contributed by atoms with E-state index in [-0.39, 0.29) is 5.60 Å². The van der Waals surface area contributed by atoms with Crippen molar-refractivity contribution in [2.45, 2.75) is 26.4 Å². The van der Waals surface area contributed by atoms with Crippen LogP contribution in [0.4, 0.5) is 11.5 Å². The van der Waals surface area contributed by atoms with Gasteiger partial charge in [0.1, 0.15) is 5.82 Å². The van der Waals surface area contributed by atoms with Gasteiger partial charge in [0, 0.05) is 31.0 Å². The molecule has 0 bridgehead atoms. The number of anilines is 2. The third-order valence-electron chi connectivity index (χ3n) is 2.88. The Kier molecular flexibility index (Phi) is 2.76. The quantitative estimate of drug-likeness (QED) is 0.782. The fourth-order valence-electron chi connectivity index (χ4n) is 1.91. The second-order valence-corrected chi connectivity index (χ2v) is 4.93. The molecule has 1 saturated heterocycles. The Labute approximate surface area is 96.4 Å². The lowest BCUT2D eigenvalue weighted by atomic mass is 10.1. The van der Waals surface area contributed by atoms with Crippen LogP contribution in [0.3, 0.4) is 0 Å². The zero-order valence-electron chi connectivity index (χ0n) is 10.2. The number of aromatic nitrogens is 1. The molecule has 2 heterocycles. The van der Waals surface area contributed by atoms with Crippen molar-refractivity contribution in [1.82, 2.24) is 4.98 Å². The van der Waals surface area contributed by atoms with Crippen molar-refractivity contribution in [3.8, 4) is 0 Å². The molecule has 0 aromatic carbocycles. The summed E-state index contributed by atoms with van der Waals surface area (Å²) >= 11 is 0. The molecule has 0 spiro atoms. The summed E-state index contributed by atoms with van der Waals surface area (Å²) in [5.41, 5.74) is 7.61. The first-order chi connectivity index (χ1) is 7.48. The number of morpholine rings is 1. The summed E-state index contributed by atoms with van der Waals surface area (Å²) in [6.45, 7) is 8.62. The largest absolute Gasteiger partial charge is 0.398 e. The lowest BCUT2D eigenvalue weighted by Gasteiger charge is -2.38. The Morgan fingerprint density at radius 2 is 2.25 bits per heavy atom. The summed E-state index contributed by atoms with van der Waals surface area (Å²) in [6.07, 6.45) is 1.83. The van der Waals surface area contributed by atoms with Gasteiger partial charge < -0.3 is 15.4 Å². The standard InChI is InChI=1S/C12H19N3O/c1-9-7-14-11(6-10(9)13)15-4-5-16-12(2,3)8-15/h6-7H,4-5,8H2,1-3H3,(H2,13,14). The zero-order valence-corrected chi connectivity index (χ0v) is 10.2. The number of rotatable bonds is 1. The van der Waals surface area contributed by atoms with Crippen molar-refractivity contribution >= 4 is 11.5 Å². The minimum absolute atomic E-state index is 0.112. The molecule has 0 unspecified atom stereocenters. The number of nitrogens with two attached hydrogens (primary N) is 1. The monoisotopic (exact) mass is 221 g/mol. The molecule has 0 saturated carbocycles. The number of ether oxygens (including phenoxy) is 1. The predicted molar refractivity (Wildman–Crippen MR) is 65.6 cm³/mol. The summed E-state index contributed by atoms with van der Waals surface area (Å²) in [5.74, 6) is 0.944. The maximum Gasteiger partial charge on any atom is 0.130 e. The average molecular weight is 221 g/mol. The number of nitrogen functional groups attached to an aromatic ring is 1. The van der Waals surface area contributed by atoms with Gasteiger partial charge in [-0.1, -0.05) is 0 Å². The van der Waals surface area contributed by atoms with Crippen molar-refractivity contribution in [1.29, 1.82) is 0 Å². The third-order valence-corrected chi connectivity index (χ3v) is 2.88. The molecule has 1 aromatic heterocycles. The molecule has 0 atom stereocenters. The number of hydrogen-bond donors (Lipinski definition) is 1. The van der Waals surface area contributed by atoms with Crippen LogP contribution in [-0.4, -0.2) is 30.3 Å². The smallest absolute Gasteiger partial charge is 0.130 e. The molecule has 1 fully saturated rings. The highest BCUT2D eigenvalue weighted by molar-refractivity contribution is 5.55. The van der Waals surface area contributed by atoms with Gasteiger partial charge >= 0.3 is 0 Å². The van der Waals surface area contributed by atoms with Gasteiger partial charge in [-0.05, 0) is 26.3 Å². The molecular weight excluding hydrogens is 202 g/mol. The molecule has 0 amide bonds. The first kappa shape index (κ1) is 11.2. The molecule has 1 aliphatic heterocycles. The Bertz CT molecular complexity index is 390. The van der Waals surface area contributed by atoms with Gasteiger partial charge in [0.15, 0.2) is 0 Å². The van der Waals surface area contributed by atoms with Crippen molar-refractivity contribution in [3.63, 3.8) is 0 Å². The Balaban J connectivity index is 2.20. The summed E-state index contributed by atoms with van der Waals surface area (Å²) < 4.78 is 5.67. The van der Waals surface area contributed by atoms with Gasteiger partial charge in [-0.25, -0.2) is 4.98 Å². The van der Waals surface area contributed by atoms with Crippen molar-refractivity contribution in [2.75, 3.05) is 30.3 Å². The van der Waals surface area contributed by atoms with E-state index in [0.29, 0.717) is 0 Å². The third kappa shape index (κ3) is 2.27. The minimum Gasteiger partial charge on any atom is -0.398 e. The maximum atomic E-state index is 5.90. The Hall–Kier alpha value is -1.29. The van der Waals surface area contributed by atoms with E-state index in [1.54, 1.807) is 0 Å². The van der Waals surface area contributed by atoms with Crippen LogP contribution < -0.4 is 10.6 Å². The van der Waals surface area contributed by atoms with Crippen molar-refractivity contribution in [3.05, 3.63) is 17.8 Å². The van der Waals surface area contributed by atoms with E-state index in [0.717, 1.165) is 36.8 Å². The first-order valence-corrected chi connectivity index (χ1v) is 5.59. The second-order valence-electron chi connectivity index (χ2n) is 4.93. The molecule has 2 N–H and O–H groups in total. The fourth-order valence-corrected chi connectivity index (χ4v) is 1.91. The van der Waals surface area contributed by atoms with E-state index in [4.69, 9.17) is 10.5 Å². The molecule has 1 aromatic rings. The molecular formula is C12H19N3O. The highest BCUT2D eigenvalue weighted by Gasteiger charge is 2.27. The van der Waals surface area contributed by atoms with Crippen molar-refractivity contribution in [2.24, 2.45) is 0 Å². The fraction of sp³-hybridized carbons (Fsp3) is 0.583. The van der Waals surface area contributed by atoms with Gasteiger partial charge in [0.05, 0.1) is 12.2 Å². The van der Waals surface area contributed by atoms with E-state index < -0.39 is 0 Å². The van der Waals surface area contributed by atoms with E-state index in [9.17, 15) is 0 Å². The molecule has 4 heteroatoms. The topological polar surface area (TPSA) is 51.4 Å². The lowest BCUT2D eigenvalue weighted by molar-refractivity contribution is -0.0279. The SMILES string of the molecule is Cc1cnc(N2CCOC(C)(C)C2)cc1N. The first-order valence-electron chi connectivity index (χ1n) is 5.59. The zero-order chi connectivity index (χ0) is 11.8. The van der Waals surface area contributed by atoms with E-state index in [2.05, 4.69) is 23.7 Å². The predicted octanol–water partition coefficient (Wildman–Crippen LogP) is 1.59. The number of pyridine rings is 1. The summed E-state index contributed by atoms with van der Waals surface area (Å²) in [4.78, 5) is 6.64. The van der Waals surface area contributed by atoms with Gasteiger partial charge in [0.25, 0.3) is 0 Å². The number of nitrogens with zero attached hydrogens (tertiary/aromatic N) is 2. The molecule has 16 heavy (non-hydrogen) atoms. The summed E-state index contributed by atoms with van der Waals surface area (Å²) in [7, 11) is 0. The van der Waals surface area contributed by atoms with E-state index in [1.165, 1.54) is 0 Å². The van der Waals surface area contributed by atoms with Crippen LogP contribution in [0.5, 0.6) is 0 Å². The van der Waals surface area contributed by atoms with Gasteiger partial charge in [-0.15, -0.1) is 0 Å². The molecule has 4 nitrogen and oxygen atoms in total. The Morgan fingerprint density at radius 1 is 1.50 bits per heavy atom. The van der Waals surface area contributed by atoms with Crippen LogP contribution >= 0.6 is 0 Å². The van der Waals surface area contributed by atoms with Gasteiger partial charge in [-0.2, -0.15) is 0 Å². The molecule has 2 rings (SSSR count). The van der Waals surface area contributed by atoms with Crippen LogP contribution in [0.25, 0.3) is 0 Å². The lowest BCUT2D eigenvalue weighted by Crippen LogP contribution is -2.48. The van der Waals surface area contributed by atoms with Crippen LogP contribution in [-0.2, 0) is 4.74 Å². The molecule has 88 valence electrons. The van der Waals surface area contributed by atoms with Crippen LogP contribution in [0.15, 0.2) is 12.3 Å². The normalized spacial score (nSPS) is 19.8. The number of hydrogen-bond acceptors (Lipinski definition) is 4. The molecule has 1 aliphatic rings. The number of aryl methyl sites for hydroxylation is 1. The summed E-state index contributed by atoms with van der Waals surface area (Å²) in [6, 6.07) is 1.94. The van der Waals surface area contributed by atoms with E-state index in [1.807, 2.05) is 19.2 Å². The summed E-state index contributed by atoms with van der Waals surface area (Å²) in [5, 5.41) is 0. The second kappa shape index (κ2) is 3.94. The maximum absolute atomic E-state index is 5.90. The molecule has 0 radical (unpaired) electrons. The van der Waals surface area contributed by atoms with Crippen LogP contribution in [0.1, 0.15) is 19.4 Å². The van der Waals surface area contributed by atoms with E-state index >= 15 is 0 Å². The van der Waals surface area contributed by atoms with Crippen LogP contribution in [0.2, 0.25) is 0 Å². The van der Waals surface area contributed by atoms with Gasteiger partial charge in [0.2, 0.25) is 0 Å². The molecule has 0 aliphatic carbocycles. The highest BCUT2D eigenvalue weighted by Crippen LogP contribution is 2.23. The van der Waals surface area contributed by atoms with Gasteiger partial charge in [-0.3, -0.25) is 0 Å². The van der Waals surface area contributed by atoms with Crippen LogP contribution in [0, 0.1) is 6.92 Å². The minimum atomic E-state index is -0.112. The highest BCUT2D eigenvalue weighted by atomic mass is 16.5. The Morgan fingerprint density at radius 3 is 2.88 bits per heavy atom.